The minimum Gasteiger partial charge on any atom is -0.354 e. The number of benzene rings is 2. The van der Waals surface area contributed by atoms with E-state index in [1.807, 2.05) is 24.3 Å². The lowest BCUT2D eigenvalue weighted by molar-refractivity contribution is 0.0949. The maximum atomic E-state index is 12.9. The lowest BCUT2D eigenvalue weighted by atomic mass is 10.1. The Morgan fingerprint density at radius 3 is 2.29 bits per heavy atom. The van der Waals surface area contributed by atoms with Gasteiger partial charge in [0.15, 0.2) is 0 Å². The van der Waals surface area contributed by atoms with Crippen LogP contribution in [0.5, 0.6) is 0 Å². The van der Waals surface area contributed by atoms with Crippen molar-refractivity contribution in [2.75, 3.05) is 18.4 Å². The molecule has 0 aliphatic rings. The highest BCUT2D eigenvalue weighted by atomic mass is 35.5. The molecule has 3 rings (SSSR count). The van der Waals surface area contributed by atoms with E-state index < -0.39 is 0 Å². The van der Waals surface area contributed by atoms with Gasteiger partial charge in [-0.25, -0.2) is 14.4 Å². The van der Waals surface area contributed by atoms with Crippen molar-refractivity contribution in [3.05, 3.63) is 88.5 Å². The lowest BCUT2D eigenvalue weighted by Gasteiger charge is -2.08. The number of halogens is 2. The number of carbonyl (C=O) groups is 1. The largest absolute Gasteiger partial charge is 0.354 e. The van der Waals surface area contributed by atoms with Gasteiger partial charge < -0.3 is 10.6 Å². The van der Waals surface area contributed by atoms with Gasteiger partial charge in [-0.05, 0) is 54.3 Å². The highest BCUT2D eigenvalue weighted by Gasteiger charge is 2.08. The van der Waals surface area contributed by atoms with E-state index in [-0.39, 0.29) is 11.7 Å². The third-order valence-corrected chi connectivity index (χ3v) is 4.36. The summed E-state index contributed by atoms with van der Waals surface area (Å²) in [5.74, 6) is -0.143. The van der Waals surface area contributed by atoms with Crippen LogP contribution in [0.25, 0.3) is 0 Å². The zero-order valence-corrected chi connectivity index (χ0v) is 15.9. The Bertz CT molecular complexity index is 916. The van der Waals surface area contributed by atoms with E-state index >= 15 is 0 Å². The molecule has 0 aliphatic heterocycles. The molecule has 0 aliphatic carbocycles. The second-order valence-corrected chi connectivity index (χ2v) is 6.64. The van der Waals surface area contributed by atoms with Gasteiger partial charge in [0.2, 0.25) is 5.95 Å². The number of hydrogen-bond donors (Lipinski definition) is 2. The zero-order chi connectivity index (χ0) is 19.8. The third-order valence-electron chi connectivity index (χ3n) is 4.11. The highest BCUT2D eigenvalue weighted by molar-refractivity contribution is 6.30. The topological polar surface area (TPSA) is 66.9 Å². The molecule has 0 spiro atoms. The van der Waals surface area contributed by atoms with Crippen LogP contribution in [-0.2, 0) is 12.8 Å². The molecule has 3 aromatic rings. The Balaban J connectivity index is 1.46. The van der Waals surface area contributed by atoms with Gasteiger partial charge in [0.05, 0.1) is 0 Å². The molecule has 0 radical (unpaired) electrons. The predicted molar refractivity (Wildman–Crippen MR) is 108 cm³/mol. The first-order chi connectivity index (χ1) is 13.6. The van der Waals surface area contributed by atoms with Crippen molar-refractivity contribution in [3.8, 4) is 0 Å². The van der Waals surface area contributed by atoms with Gasteiger partial charge in [-0.2, -0.15) is 0 Å². The van der Waals surface area contributed by atoms with Crippen LogP contribution in [0.15, 0.2) is 60.8 Å². The summed E-state index contributed by atoms with van der Waals surface area (Å²) in [4.78, 5) is 20.7. The van der Waals surface area contributed by atoms with Gasteiger partial charge in [-0.1, -0.05) is 35.9 Å². The number of hydrogen-bond acceptors (Lipinski definition) is 4. The molecule has 2 aromatic carbocycles. The van der Waals surface area contributed by atoms with Crippen LogP contribution in [0.1, 0.15) is 21.6 Å². The number of aromatic nitrogens is 2. The van der Waals surface area contributed by atoms with Crippen LogP contribution in [0.4, 0.5) is 10.3 Å². The first-order valence-electron chi connectivity index (χ1n) is 8.94. The smallest absolute Gasteiger partial charge is 0.270 e. The van der Waals surface area contributed by atoms with Gasteiger partial charge in [0.1, 0.15) is 11.5 Å². The minimum absolute atomic E-state index is 0.273. The lowest BCUT2D eigenvalue weighted by Crippen LogP contribution is -2.27. The average Bonchev–Trinajstić information content (AvgIpc) is 2.71. The Hall–Kier alpha value is -2.99. The molecule has 2 N–H and O–H groups in total. The number of nitrogens with one attached hydrogen (secondary N) is 2. The Morgan fingerprint density at radius 2 is 1.57 bits per heavy atom. The van der Waals surface area contributed by atoms with Crippen LogP contribution in [-0.4, -0.2) is 29.0 Å². The Labute approximate surface area is 168 Å². The fourth-order valence-corrected chi connectivity index (χ4v) is 2.73. The molecule has 0 unspecified atom stereocenters. The van der Waals surface area contributed by atoms with Crippen molar-refractivity contribution in [2.24, 2.45) is 0 Å². The molecule has 0 saturated heterocycles. The van der Waals surface area contributed by atoms with Gasteiger partial charge >= 0.3 is 0 Å². The summed E-state index contributed by atoms with van der Waals surface area (Å²) in [7, 11) is 0. The molecule has 1 heterocycles. The predicted octanol–water partition coefficient (Wildman–Crippen LogP) is 3.90. The quantitative estimate of drug-likeness (QED) is 0.604. The standard InChI is InChI=1S/C21H20ClFN4O/c22-17-5-1-15(2-6-17)10-13-25-21-26-14-11-19(27-21)20(28)24-12-9-16-3-7-18(23)8-4-16/h1-8,11,14H,9-10,12-13H2,(H,24,28)(H,25,26,27). The van der Waals surface area contributed by atoms with Crippen molar-refractivity contribution >= 4 is 23.5 Å². The molecule has 0 saturated carbocycles. The van der Waals surface area contributed by atoms with Crippen molar-refractivity contribution < 1.29 is 9.18 Å². The average molecular weight is 399 g/mol. The number of rotatable bonds is 8. The Morgan fingerprint density at radius 1 is 0.929 bits per heavy atom. The van der Waals surface area contributed by atoms with E-state index in [2.05, 4.69) is 20.6 Å². The number of carbonyl (C=O) groups excluding carboxylic acids is 1. The van der Waals surface area contributed by atoms with Crippen LogP contribution in [0.2, 0.25) is 5.02 Å². The summed E-state index contributed by atoms with van der Waals surface area (Å²) in [6.45, 7) is 1.07. The summed E-state index contributed by atoms with van der Waals surface area (Å²) in [5.41, 5.74) is 2.39. The van der Waals surface area contributed by atoms with E-state index in [9.17, 15) is 9.18 Å². The van der Waals surface area contributed by atoms with Gasteiger partial charge in [-0.3, -0.25) is 4.79 Å². The fourth-order valence-electron chi connectivity index (χ4n) is 2.60. The van der Waals surface area contributed by atoms with Crippen LogP contribution in [0.3, 0.4) is 0 Å². The molecular weight excluding hydrogens is 379 g/mol. The van der Waals surface area contributed by atoms with Crippen LogP contribution < -0.4 is 10.6 Å². The Kier molecular flexibility index (Phi) is 6.92. The summed E-state index contributed by atoms with van der Waals surface area (Å²) in [6, 6.07) is 15.4. The van der Waals surface area contributed by atoms with Gasteiger partial charge in [-0.15, -0.1) is 0 Å². The van der Waals surface area contributed by atoms with E-state index in [0.717, 1.165) is 17.5 Å². The van der Waals surface area contributed by atoms with Crippen molar-refractivity contribution in [1.82, 2.24) is 15.3 Å². The fraction of sp³-hybridized carbons (Fsp3) is 0.190. The summed E-state index contributed by atoms with van der Waals surface area (Å²) in [6.07, 6.45) is 2.95. The molecule has 7 heteroatoms. The van der Waals surface area contributed by atoms with Crippen molar-refractivity contribution in [3.63, 3.8) is 0 Å². The van der Waals surface area contributed by atoms with E-state index in [1.165, 1.54) is 12.1 Å². The molecule has 5 nitrogen and oxygen atoms in total. The second kappa shape index (κ2) is 9.80. The number of amides is 1. The summed E-state index contributed by atoms with van der Waals surface area (Å²) >= 11 is 5.88. The number of anilines is 1. The SMILES string of the molecule is O=C(NCCc1ccc(F)cc1)c1ccnc(NCCc2ccc(Cl)cc2)n1. The summed E-state index contributed by atoms with van der Waals surface area (Å²) < 4.78 is 12.9. The molecule has 28 heavy (non-hydrogen) atoms. The number of nitrogens with zero attached hydrogens (tertiary/aromatic N) is 2. The maximum Gasteiger partial charge on any atom is 0.270 e. The third kappa shape index (κ3) is 6.03. The molecule has 0 bridgehead atoms. The molecule has 0 fully saturated rings. The first kappa shape index (κ1) is 19.8. The summed E-state index contributed by atoms with van der Waals surface area (Å²) in [5, 5.41) is 6.64. The normalized spacial score (nSPS) is 10.5. The first-order valence-corrected chi connectivity index (χ1v) is 9.32. The van der Waals surface area contributed by atoms with E-state index in [0.29, 0.717) is 36.2 Å². The molecular formula is C21H20ClFN4O. The van der Waals surface area contributed by atoms with Crippen LogP contribution in [0, 0.1) is 5.82 Å². The van der Waals surface area contributed by atoms with Gasteiger partial charge in [0.25, 0.3) is 5.91 Å². The highest BCUT2D eigenvalue weighted by Crippen LogP contribution is 2.10. The molecule has 1 amide bonds. The molecule has 144 valence electrons. The monoisotopic (exact) mass is 398 g/mol. The molecule has 1 aromatic heterocycles. The second-order valence-electron chi connectivity index (χ2n) is 6.20. The molecule has 0 atom stereocenters. The zero-order valence-electron chi connectivity index (χ0n) is 15.2. The van der Waals surface area contributed by atoms with Gasteiger partial charge in [0, 0.05) is 24.3 Å². The van der Waals surface area contributed by atoms with Crippen LogP contribution >= 0.6 is 11.6 Å². The minimum atomic E-state index is -0.273. The van der Waals surface area contributed by atoms with E-state index in [4.69, 9.17) is 11.6 Å². The van der Waals surface area contributed by atoms with Crippen molar-refractivity contribution in [1.29, 1.82) is 0 Å². The van der Waals surface area contributed by atoms with Crippen molar-refractivity contribution in [2.45, 2.75) is 12.8 Å². The maximum absolute atomic E-state index is 12.9. The van der Waals surface area contributed by atoms with E-state index in [1.54, 1.807) is 24.4 Å².